The minimum Gasteiger partial charge on any atom is -0.493 e. The second-order valence-corrected chi connectivity index (χ2v) is 9.18. The van der Waals surface area contributed by atoms with E-state index in [-0.39, 0.29) is 21.9 Å². The molecule has 164 valence electrons. The number of sulfonamides is 1. The zero-order valence-electron chi connectivity index (χ0n) is 16.8. The first-order valence-corrected chi connectivity index (χ1v) is 11.4. The summed E-state index contributed by atoms with van der Waals surface area (Å²) in [6.07, 6.45) is 2.74. The number of hydrogen-bond donors (Lipinski definition) is 0. The summed E-state index contributed by atoms with van der Waals surface area (Å²) < 4.78 is 43.8. The smallest absolute Gasteiger partial charge is 0.396 e. The predicted octanol–water partition coefficient (Wildman–Crippen LogP) is 3.30. The van der Waals surface area contributed by atoms with Crippen LogP contribution in [-0.2, 0) is 10.0 Å². The van der Waals surface area contributed by atoms with Gasteiger partial charge >= 0.3 is 4.94 Å². The first-order chi connectivity index (χ1) is 15.3. The highest BCUT2D eigenvalue weighted by atomic mass is 32.2. The molecule has 1 amide bonds. The number of nitrogens with zero attached hydrogens (tertiary/aromatic N) is 2. The van der Waals surface area contributed by atoms with Crippen LogP contribution in [0.5, 0.6) is 11.5 Å². The first kappa shape index (κ1) is 21.5. The van der Waals surface area contributed by atoms with Crippen LogP contribution in [0, 0.1) is 0 Å². The third kappa shape index (κ3) is 3.83. The number of hydrogen-bond acceptors (Lipinski definition) is 9. The maximum atomic E-state index is 13.7. The lowest BCUT2D eigenvalue weighted by atomic mass is 10.2. The molecule has 9 nitrogen and oxygen atoms in total. The van der Waals surface area contributed by atoms with Crippen molar-refractivity contribution < 1.29 is 27.1 Å². The van der Waals surface area contributed by atoms with Crippen molar-refractivity contribution in [2.75, 3.05) is 18.5 Å². The summed E-state index contributed by atoms with van der Waals surface area (Å²) in [5, 5.41) is 0. The van der Waals surface area contributed by atoms with Crippen molar-refractivity contribution in [2.45, 2.75) is 4.90 Å². The normalized spacial score (nSPS) is 11.3. The van der Waals surface area contributed by atoms with Gasteiger partial charge < -0.3 is 13.9 Å². The third-order valence-corrected chi connectivity index (χ3v) is 7.03. The summed E-state index contributed by atoms with van der Waals surface area (Å²) in [6, 6.07) is 11.3. The monoisotopic (exact) mass is 472 g/mol. The number of methoxy groups -OCH3 is 2. The third-order valence-electron chi connectivity index (χ3n) is 4.53. The molecule has 0 saturated heterocycles. The van der Waals surface area contributed by atoms with Crippen LogP contribution in [0.4, 0.5) is 5.69 Å². The maximum absolute atomic E-state index is 13.7. The molecule has 0 atom stereocenters. The van der Waals surface area contributed by atoms with Crippen LogP contribution in [0.15, 0.2) is 75.0 Å². The van der Waals surface area contributed by atoms with Crippen LogP contribution in [0.3, 0.4) is 0 Å². The second-order valence-electron chi connectivity index (χ2n) is 6.42. The minimum absolute atomic E-state index is 0.0400. The lowest BCUT2D eigenvalue weighted by Gasteiger charge is -2.23. The lowest BCUT2D eigenvalue weighted by molar-refractivity contribution is 0.100. The molecule has 0 unspecified atom stereocenters. The molecule has 0 radical (unpaired) electrons. The molecule has 0 fully saturated rings. The quantitative estimate of drug-likeness (QED) is 0.420. The van der Waals surface area contributed by atoms with Crippen molar-refractivity contribution in [3.63, 3.8) is 0 Å². The number of rotatable bonds is 6. The largest absolute Gasteiger partial charge is 0.493 e. The summed E-state index contributed by atoms with van der Waals surface area (Å²) in [6.45, 7) is 0. The highest BCUT2D eigenvalue weighted by molar-refractivity contribution is 7.93. The molecule has 32 heavy (non-hydrogen) atoms. The molecule has 0 aliphatic rings. The number of benzene rings is 2. The molecule has 0 aliphatic heterocycles. The zero-order valence-corrected chi connectivity index (χ0v) is 18.5. The summed E-state index contributed by atoms with van der Waals surface area (Å²) >= 11 is 0.805. The van der Waals surface area contributed by atoms with Crippen molar-refractivity contribution in [3.8, 4) is 11.5 Å². The van der Waals surface area contributed by atoms with Crippen molar-refractivity contribution in [1.82, 2.24) is 4.98 Å². The molecule has 2 aromatic carbocycles. The Bertz CT molecular complexity index is 1460. The number of ether oxygens (including phenoxy) is 2. The number of anilines is 1. The fourth-order valence-electron chi connectivity index (χ4n) is 3.04. The average molecular weight is 473 g/mol. The molecule has 11 heteroatoms. The topological polar surface area (TPSA) is 116 Å². The Hall–Kier alpha value is -3.70. The van der Waals surface area contributed by atoms with Gasteiger partial charge in [0.1, 0.15) is 5.58 Å². The molecule has 0 saturated carbocycles. The number of pyridine rings is 1. The molecule has 0 spiro atoms. The molecule has 2 aromatic heterocycles. The van der Waals surface area contributed by atoms with Crippen LogP contribution in [0.2, 0.25) is 0 Å². The molecule has 2 heterocycles. The van der Waals surface area contributed by atoms with E-state index in [0.717, 1.165) is 11.3 Å². The van der Waals surface area contributed by atoms with Gasteiger partial charge in [-0.25, -0.2) is 13.2 Å². The van der Waals surface area contributed by atoms with Crippen molar-refractivity contribution >= 4 is 43.2 Å². The molecule has 0 aliphatic carbocycles. The minimum atomic E-state index is -4.40. The Morgan fingerprint density at radius 1 is 1.06 bits per heavy atom. The highest BCUT2D eigenvalue weighted by Crippen LogP contribution is 2.34. The molecular formula is C21H16N2O7S2. The van der Waals surface area contributed by atoms with E-state index >= 15 is 0 Å². The lowest BCUT2D eigenvalue weighted by Crippen LogP contribution is -2.37. The number of amides is 1. The maximum Gasteiger partial charge on any atom is 0.396 e. The van der Waals surface area contributed by atoms with E-state index in [0.29, 0.717) is 20.3 Å². The van der Waals surface area contributed by atoms with E-state index < -0.39 is 20.9 Å². The van der Waals surface area contributed by atoms with Crippen LogP contribution in [-0.4, -0.2) is 33.5 Å². The Morgan fingerprint density at radius 2 is 1.84 bits per heavy atom. The Labute approximate surface area is 186 Å². The van der Waals surface area contributed by atoms with E-state index in [1.54, 1.807) is 0 Å². The number of carbonyl (C=O) groups excluding carboxylic acids is 1. The van der Waals surface area contributed by atoms with Gasteiger partial charge in [0, 0.05) is 18.5 Å². The van der Waals surface area contributed by atoms with Crippen LogP contribution >= 0.6 is 11.3 Å². The fraction of sp³-hybridized carbons (Fsp3) is 0.0952. The van der Waals surface area contributed by atoms with E-state index in [1.807, 2.05) is 0 Å². The van der Waals surface area contributed by atoms with Crippen LogP contribution < -0.4 is 18.7 Å². The standard InChI is InChI=1S/C21H16N2O7S2/c1-28-16-8-6-15(11-18(16)29-2)32(26,27)23(20(24)13-4-3-9-22-12-13)14-5-7-17-19(10-14)31-21(25)30-17/h3-12H,1-2H3. The summed E-state index contributed by atoms with van der Waals surface area (Å²) in [4.78, 5) is 28.1. The predicted molar refractivity (Wildman–Crippen MR) is 118 cm³/mol. The second kappa shape index (κ2) is 8.44. The summed E-state index contributed by atoms with van der Waals surface area (Å²) in [7, 11) is -1.60. The molecule has 0 N–H and O–H groups in total. The SMILES string of the molecule is COc1ccc(S(=O)(=O)N(C(=O)c2cccnc2)c2ccc3oc(=O)sc3c2)cc1OC. The van der Waals surface area contributed by atoms with Crippen molar-refractivity contribution in [3.05, 3.63) is 76.2 Å². The zero-order chi connectivity index (χ0) is 22.9. The van der Waals surface area contributed by atoms with Crippen LogP contribution in [0.1, 0.15) is 10.4 Å². The van der Waals surface area contributed by atoms with Gasteiger partial charge in [-0.1, -0.05) is 11.3 Å². The van der Waals surface area contributed by atoms with E-state index in [2.05, 4.69) is 4.98 Å². The van der Waals surface area contributed by atoms with Gasteiger partial charge in [0.2, 0.25) is 0 Å². The number of carbonyl (C=O) groups is 1. The summed E-state index contributed by atoms with van der Waals surface area (Å²) in [5.41, 5.74) is 0.399. The molecule has 4 aromatic rings. The molecule has 0 bridgehead atoms. The van der Waals surface area contributed by atoms with E-state index in [9.17, 15) is 18.0 Å². The summed E-state index contributed by atoms with van der Waals surface area (Å²) in [5.74, 6) is -0.296. The molecule has 4 rings (SSSR count). The Kier molecular flexibility index (Phi) is 5.68. The fourth-order valence-corrected chi connectivity index (χ4v) is 5.16. The van der Waals surface area contributed by atoms with Gasteiger partial charge in [-0.05, 0) is 42.5 Å². The van der Waals surface area contributed by atoms with E-state index in [4.69, 9.17) is 13.9 Å². The van der Waals surface area contributed by atoms with Gasteiger partial charge in [0.05, 0.1) is 35.1 Å². The van der Waals surface area contributed by atoms with Crippen molar-refractivity contribution in [2.24, 2.45) is 0 Å². The van der Waals surface area contributed by atoms with Crippen molar-refractivity contribution in [1.29, 1.82) is 0 Å². The first-order valence-electron chi connectivity index (χ1n) is 9.10. The highest BCUT2D eigenvalue weighted by Gasteiger charge is 2.33. The Balaban J connectivity index is 1.91. The molecular weight excluding hydrogens is 456 g/mol. The van der Waals surface area contributed by atoms with E-state index in [1.165, 1.54) is 75.1 Å². The average Bonchev–Trinajstić information content (AvgIpc) is 3.18. The van der Waals surface area contributed by atoms with Crippen LogP contribution in [0.25, 0.3) is 10.3 Å². The van der Waals surface area contributed by atoms with Gasteiger partial charge in [0.25, 0.3) is 15.9 Å². The van der Waals surface area contributed by atoms with Gasteiger partial charge in [0.15, 0.2) is 11.5 Å². The van der Waals surface area contributed by atoms with Gasteiger partial charge in [-0.3, -0.25) is 9.78 Å². The number of fused-ring (bicyclic) bond motifs is 1. The van der Waals surface area contributed by atoms with Gasteiger partial charge in [-0.2, -0.15) is 4.31 Å². The Morgan fingerprint density at radius 3 is 2.53 bits per heavy atom. The van der Waals surface area contributed by atoms with Gasteiger partial charge in [-0.15, -0.1) is 0 Å². The number of aromatic nitrogens is 1.